The number of hydrogen-bond donors (Lipinski definition) is 1. The van der Waals surface area contributed by atoms with E-state index < -0.39 is 22.7 Å². The third kappa shape index (κ3) is 4.50. The molecule has 0 saturated carbocycles. The summed E-state index contributed by atoms with van der Waals surface area (Å²) in [6.45, 7) is 6.00. The Kier molecular flexibility index (Phi) is 6.39. The maximum absolute atomic E-state index is 13.5. The van der Waals surface area contributed by atoms with Crippen LogP contribution in [0.2, 0.25) is 0 Å². The first-order valence-electron chi connectivity index (χ1n) is 12.0. The van der Waals surface area contributed by atoms with Crippen LogP contribution < -0.4 is 9.64 Å². The number of anilines is 1. The number of carbonyl (C=O) groups excluding carboxylic acids is 2. The SMILES string of the molecule is COc1ccc(/C(O)=C2\C(=O)C(=O)N(c3nc4ccc([N+](=O)[O-])cc4s3)C2c2cccnc2)cc1C(C)(C)C. The van der Waals surface area contributed by atoms with Gasteiger partial charge in [0.15, 0.2) is 5.13 Å². The lowest BCUT2D eigenvalue weighted by Gasteiger charge is -2.24. The van der Waals surface area contributed by atoms with Gasteiger partial charge in [-0.3, -0.25) is 29.6 Å². The van der Waals surface area contributed by atoms with Crippen molar-refractivity contribution in [3.8, 4) is 5.75 Å². The van der Waals surface area contributed by atoms with Gasteiger partial charge in [0.2, 0.25) is 0 Å². The fraction of sp³-hybridized carbons (Fsp3) is 0.214. The van der Waals surface area contributed by atoms with Gasteiger partial charge in [-0.25, -0.2) is 4.98 Å². The van der Waals surface area contributed by atoms with Gasteiger partial charge in [-0.15, -0.1) is 0 Å². The molecule has 1 atom stereocenters. The van der Waals surface area contributed by atoms with Gasteiger partial charge in [-0.05, 0) is 41.3 Å². The van der Waals surface area contributed by atoms with Gasteiger partial charge in [0, 0.05) is 35.7 Å². The molecule has 11 heteroatoms. The summed E-state index contributed by atoms with van der Waals surface area (Å²) in [5, 5.41) is 22.9. The minimum atomic E-state index is -1.02. The number of nitro benzene ring substituents is 1. The Morgan fingerprint density at radius 3 is 2.56 bits per heavy atom. The molecular weight excluding hydrogens is 520 g/mol. The Morgan fingerprint density at radius 2 is 1.92 bits per heavy atom. The quantitative estimate of drug-likeness (QED) is 0.114. The molecule has 10 nitrogen and oxygen atoms in total. The molecule has 0 radical (unpaired) electrons. The Hall–Kier alpha value is -4.64. The molecule has 39 heavy (non-hydrogen) atoms. The van der Waals surface area contributed by atoms with Crippen LogP contribution in [-0.4, -0.2) is 38.8 Å². The largest absolute Gasteiger partial charge is 0.507 e. The molecule has 1 saturated heterocycles. The molecule has 4 aromatic rings. The maximum Gasteiger partial charge on any atom is 0.301 e. The zero-order chi connectivity index (χ0) is 28.1. The van der Waals surface area contributed by atoms with Crippen molar-refractivity contribution in [2.45, 2.75) is 32.2 Å². The van der Waals surface area contributed by atoms with Gasteiger partial charge in [0.05, 0.1) is 33.9 Å². The Morgan fingerprint density at radius 1 is 1.15 bits per heavy atom. The number of hydrogen-bond acceptors (Lipinski definition) is 9. The summed E-state index contributed by atoms with van der Waals surface area (Å²) in [5.74, 6) is -1.45. The van der Waals surface area contributed by atoms with Crippen molar-refractivity contribution in [2.24, 2.45) is 0 Å². The summed E-state index contributed by atoms with van der Waals surface area (Å²) in [6.07, 6.45) is 3.08. The lowest BCUT2D eigenvalue weighted by atomic mass is 9.84. The smallest absolute Gasteiger partial charge is 0.301 e. The second kappa shape index (κ2) is 9.59. The number of pyridine rings is 1. The summed E-state index contributed by atoms with van der Waals surface area (Å²) in [4.78, 5) is 47.6. The average molecular weight is 545 g/mol. The summed E-state index contributed by atoms with van der Waals surface area (Å²) < 4.78 is 5.99. The lowest BCUT2D eigenvalue weighted by molar-refractivity contribution is -0.384. The second-order valence-corrected chi connectivity index (χ2v) is 11.0. The highest BCUT2D eigenvalue weighted by atomic mass is 32.1. The van der Waals surface area contributed by atoms with Crippen LogP contribution in [0, 0.1) is 10.1 Å². The number of rotatable bonds is 5. The first-order valence-corrected chi connectivity index (χ1v) is 12.8. The molecule has 3 heterocycles. The molecule has 0 bridgehead atoms. The van der Waals surface area contributed by atoms with Gasteiger partial charge >= 0.3 is 5.91 Å². The van der Waals surface area contributed by atoms with Crippen molar-refractivity contribution in [2.75, 3.05) is 12.0 Å². The van der Waals surface area contributed by atoms with Crippen molar-refractivity contribution in [1.82, 2.24) is 9.97 Å². The molecule has 0 aliphatic carbocycles. The van der Waals surface area contributed by atoms with E-state index in [9.17, 15) is 24.8 Å². The van der Waals surface area contributed by atoms with Gasteiger partial charge in [-0.1, -0.05) is 38.2 Å². The number of carbonyl (C=O) groups is 2. The highest BCUT2D eigenvalue weighted by molar-refractivity contribution is 7.22. The van der Waals surface area contributed by atoms with Gasteiger partial charge in [0.25, 0.3) is 11.5 Å². The highest BCUT2D eigenvalue weighted by Gasteiger charge is 2.48. The number of thiazole rings is 1. The number of methoxy groups -OCH3 is 1. The van der Waals surface area contributed by atoms with E-state index in [1.807, 2.05) is 20.8 Å². The number of nitro groups is 1. The van der Waals surface area contributed by atoms with Gasteiger partial charge in [0.1, 0.15) is 11.5 Å². The fourth-order valence-corrected chi connectivity index (χ4v) is 5.62. The van der Waals surface area contributed by atoms with E-state index in [-0.39, 0.29) is 27.6 Å². The fourth-order valence-electron chi connectivity index (χ4n) is 4.60. The van der Waals surface area contributed by atoms with Gasteiger partial charge in [-0.2, -0.15) is 0 Å². The van der Waals surface area contributed by atoms with Crippen molar-refractivity contribution in [3.05, 3.63) is 93.3 Å². The molecule has 198 valence electrons. The Bertz CT molecular complexity index is 1670. The molecule has 1 fully saturated rings. The zero-order valence-electron chi connectivity index (χ0n) is 21.5. The Labute approximate surface area is 227 Å². The van der Waals surface area contributed by atoms with Crippen LogP contribution in [-0.2, 0) is 15.0 Å². The van der Waals surface area contributed by atoms with Crippen molar-refractivity contribution in [1.29, 1.82) is 0 Å². The van der Waals surface area contributed by atoms with Crippen molar-refractivity contribution < 1.29 is 24.4 Å². The van der Waals surface area contributed by atoms with E-state index in [1.165, 1.54) is 29.3 Å². The van der Waals surface area contributed by atoms with Crippen molar-refractivity contribution in [3.63, 3.8) is 0 Å². The number of fused-ring (bicyclic) bond motifs is 1. The van der Waals surface area contributed by atoms with E-state index in [0.29, 0.717) is 27.1 Å². The molecule has 1 N–H and O–H groups in total. The summed E-state index contributed by atoms with van der Waals surface area (Å²) in [6, 6.07) is 11.6. The monoisotopic (exact) mass is 544 g/mol. The molecule has 5 rings (SSSR count). The molecule has 1 unspecified atom stereocenters. The third-order valence-electron chi connectivity index (χ3n) is 6.50. The van der Waals surface area contributed by atoms with E-state index in [4.69, 9.17) is 4.74 Å². The molecule has 2 aromatic carbocycles. The maximum atomic E-state index is 13.5. The number of amides is 1. The van der Waals surface area contributed by atoms with Crippen LogP contribution in [0.5, 0.6) is 5.75 Å². The normalized spacial score (nSPS) is 17.1. The number of ether oxygens (including phenoxy) is 1. The van der Waals surface area contributed by atoms with Crippen LogP contribution in [0.1, 0.15) is 43.5 Å². The van der Waals surface area contributed by atoms with E-state index >= 15 is 0 Å². The number of aromatic nitrogens is 2. The second-order valence-electron chi connectivity index (χ2n) is 10.0. The van der Waals surface area contributed by atoms with E-state index in [2.05, 4.69) is 9.97 Å². The van der Waals surface area contributed by atoms with Crippen LogP contribution >= 0.6 is 11.3 Å². The van der Waals surface area contributed by atoms with Gasteiger partial charge < -0.3 is 9.84 Å². The number of aliphatic hydroxyl groups is 1. The standard InChI is InChI=1S/C28H24N4O6S/c1-28(2,3)18-12-15(7-10-20(18)38-4)24(33)22-23(16-6-5-11-29-14-16)31(26(35)25(22)34)27-30-19-9-8-17(32(36)37)13-21(19)39-27/h5-14,23,33H,1-4H3/b24-22+. The summed E-state index contributed by atoms with van der Waals surface area (Å²) in [7, 11) is 1.56. The molecule has 1 amide bonds. The number of benzene rings is 2. The average Bonchev–Trinajstić information content (AvgIpc) is 3.45. The zero-order valence-corrected chi connectivity index (χ0v) is 22.4. The van der Waals surface area contributed by atoms with Crippen LogP contribution in [0.4, 0.5) is 10.8 Å². The molecular formula is C28H24N4O6S. The van der Waals surface area contributed by atoms with Crippen molar-refractivity contribution >= 4 is 49.8 Å². The summed E-state index contributed by atoms with van der Waals surface area (Å²) in [5.41, 5.74) is 1.55. The lowest BCUT2D eigenvalue weighted by Crippen LogP contribution is -2.29. The van der Waals surface area contributed by atoms with E-state index in [0.717, 1.165) is 16.9 Å². The third-order valence-corrected chi connectivity index (χ3v) is 7.52. The molecule has 1 aliphatic heterocycles. The number of nitrogens with zero attached hydrogens (tertiary/aromatic N) is 4. The summed E-state index contributed by atoms with van der Waals surface area (Å²) >= 11 is 1.05. The topological polar surface area (TPSA) is 136 Å². The molecule has 1 aliphatic rings. The number of Topliss-reactive ketones (excluding diaryl/α,β-unsaturated/α-hetero) is 1. The van der Waals surface area contributed by atoms with E-state index in [1.54, 1.807) is 43.6 Å². The number of ketones is 1. The molecule has 2 aromatic heterocycles. The first kappa shape index (κ1) is 26.0. The highest BCUT2D eigenvalue weighted by Crippen LogP contribution is 2.45. The van der Waals surface area contributed by atoms with Crippen LogP contribution in [0.25, 0.3) is 16.0 Å². The number of aliphatic hydroxyl groups excluding tert-OH is 1. The van der Waals surface area contributed by atoms with Crippen LogP contribution in [0.3, 0.4) is 0 Å². The Balaban J connectivity index is 1.71. The van der Waals surface area contributed by atoms with Crippen LogP contribution in [0.15, 0.2) is 66.5 Å². The minimum Gasteiger partial charge on any atom is -0.507 e. The molecule has 0 spiro atoms. The predicted octanol–water partition coefficient (Wildman–Crippen LogP) is 5.53. The number of non-ortho nitro benzene ring substituents is 1. The predicted molar refractivity (Wildman–Crippen MR) is 147 cm³/mol. The minimum absolute atomic E-state index is 0.108. The first-order chi connectivity index (χ1) is 18.5.